The number of carbonyl (C=O) groups is 2. The van der Waals surface area contributed by atoms with E-state index in [0.717, 1.165) is 9.36 Å². The number of benzene rings is 2. The zero-order valence-corrected chi connectivity index (χ0v) is 16.5. The molecule has 4 aromatic rings. The average molecular weight is 439 g/mol. The molecule has 156 valence electrons. The number of halogens is 1. The molecule has 7 N–H and O–H groups in total. The molecule has 0 aliphatic carbocycles. The molecule has 3 amide bonds. The number of rotatable bonds is 3. The van der Waals surface area contributed by atoms with Crippen LogP contribution in [0, 0.1) is 0 Å². The second-order valence-corrected chi connectivity index (χ2v) is 6.82. The molecule has 0 atom stereocenters. The van der Waals surface area contributed by atoms with Gasteiger partial charge in [-0.05, 0) is 18.2 Å². The Morgan fingerprint density at radius 3 is 2.39 bits per heavy atom. The second kappa shape index (κ2) is 7.46. The van der Waals surface area contributed by atoms with E-state index in [1.54, 1.807) is 48.5 Å². The number of para-hydroxylation sites is 1. The minimum atomic E-state index is -1.01. The molecule has 0 bridgehead atoms. The van der Waals surface area contributed by atoms with Crippen LogP contribution in [0.15, 0.2) is 53.3 Å². The van der Waals surface area contributed by atoms with Crippen LogP contribution in [-0.2, 0) is 0 Å². The van der Waals surface area contributed by atoms with Gasteiger partial charge in [0.15, 0.2) is 5.82 Å². The molecule has 2 heterocycles. The van der Waals surface area contributed by atoms with Crippen molar-refractivity contribution in [2.45, 2.75) is 0 Å². The van der Waals surface area contributed by atoms with Crippen molar-refractivity contribution in [3.63, 3.8) is 0 Å². The fraction of sp³-hybridized carbons (Fsp3) is 0. The van der Waals surface area contributed by atoms with Gasteiger partial charge in [0.25, 0.3) is 5.56 Å². The van der Waals surface area contributed by atoms with Gasteiger partial charge in [0, 0.05) is 5.56 Å². The van der Waals surface area contributed by atoms with E-state index in [1.165, 1.54) is 0 Å². The van der Waals surface area contributed by atoms with Crippen molar-refractivity contribution in [3.8, 4) is 22.6 Å². The highest BCUT2D eigenvalue weighted by molar-refractivity contribution is 6.33. The number of fused-ring (bicyclic) bond motifs is 1. The zero-order valence-electron chi connectivity index (χ0n) is 15.7. The van der Waals surface area contributed by atoms with Crippen molar-refractivity contribution in [1.82, 2.24) is 19.4 Å². The predicted molar refractivity (Wildman–Crippen MR) is 116 cm³/mol. The van der Waals surface area contributed by atoms with Crippen LogP contribution >= 0.6 is 11.6 Å². The van der Waals surface area contributed by atoms with Crippen molar-refractivity contribution < 1.29 is 9.59 Å². The summed E-state index contributed by atoms with van der Waals surface area (Å²) in [5.41, 5.74) is 19.4. The van der Waals surface area contributed by atoms with E-state index in [2.05, 4.69) is 15.5 Å². The van der Waals surface area contributed by atoms with Gasteiger partial charge in [0.2, 0.25) is 0 Å². The van der Waals surface area contributed by atoms with Gasteiger partial charge in [-0.2, -0.15) is 14.5 Å². The number of urea groups is 1. The third-order valence-electron chi connectivity index (χ3n) is 4.48. The number of carbonyl (C=O) groups excluding carboxylic acids is 2. The number of nitrogen functional groups attached to an aromatic ring is 1. The van der Waals surface area contributed by atoms with E-state index >= 15 is 0 Å². The minimum Gasteiger partial charge on any atom is -0.383 e. The van der Waals surface area contributed by atoms with E-state index in [9.17, 15) is 14.4 Å². The van der Waals surface area contributed by atoms with Crippen LogP contribution in [0.2, 0.25) is 5.02 Å². The van der Waals surface area contributed by atoms with E-state index in [1.807, 2.05) is 0 Å². The summed E-state index contributed by atoms with van der Waals surface area (Å²) in [5.74, 6) is -0.313. The highest BCUT2D eigenvalue weighted by Gasteiger charge is 2.27. The fourth-order valence-electron chi connectivity index (χ4n) is 3.18. The number of hydrogen-bond donors (Lipinski definition) is 4. The molecule has 2 aromatic heterocycles. The van der Waals surface area contributed by atoms with Gasteiger partial charge < -0.3 is 17.2 Å². The maximum absolute atomic E-state index is 13.1. The Bertz CT molecular complexity index is 1430. The molecule has 12 heteroatoms. The van der Waals surface area contributed by atoms with E-state index in [4.69, 9.17) is 28.8 Å². The molecule has 0 fully saturated rings. The number of nitrogens with two attached hydrogens (primary N) is 3. The van der Waals surface area contributed by atoms with Gasteiger partial charge in [-0.15, -0.1) is 0 Å². The summed E-state index contributed by atoms with van der Waals surface area (Å²) in [4.78, 5) is 41.1. The Morgan fingerprint density at radius 1 is 1.03 bits per heavy atom. The summed E-state index contributed by atoms with van der Waals surface area (Å²) < 4.78 is 1.59. The maximum atomic E-state index is 13.1. The molecule has 0 saturated carbocycles. The van der Waals surface area contributed by atoms with Crippen LogP contribution < -0.4 is 28.2 Å². The van der Waals surface area contributed by atoms with E-state index in [0.29, 0.717) is 16.1 Å². The third kappa shape index (κ3) is 3.32. The molecule has 0 radical (unpaired) electrons. The largest absolute Gasteiger partial charge is 0.383 e. The van der Waals surface area contributed by atoms with Crippen molar-refractivity contribution in [3.05, 3.63) is 63.9 Å². The van der Waals surface area contributed by atoms with E-state index in [-0.39, 0.29) is 28.3 Å². The highest BCUT2D eigenvalue weighted by atomic mass is 35.5. The molecular formula is C19H15ClN8O3. The van der Waals surface area contributed by atoms with Crippen LogP contribution in [0.3, 0.4) is 0 Å². The molecule has 0 spiro atoms. The maximum Gasteiger partial charge on any atom is 0.341 e. The number of nitrogens with zero attached hydrogens (tertiary/aromatic N) is 4. The molecule has 2 aromatic carbocycles. The van der Waals surface area contributed by atoms with Gasteiger partial charge in [-0.3, -0.25) is 4.79 Å². The Kier molecular flexibility index (Phi) is 4.79. The van der Waals surface area contributed by atoms with Crippen LogP contribution in [0.4, 0.5) is 15.4 Å². The first kappa shape index (κ1) is 19.9. The Balaban J connectivity index is 2.15. The number of aromatic nitrogens is 4. The first-order valence-electron chi connectivity index (χ1n) is 8.81. The zero-order chi connectivity index (χ0) is 22.3. The van der Waals surface area contributed by atoms with Crippen LogP contribution in [0.1, 0.15) is 0 Å². The van der Waals surface area contributed by atoms with Gasteiger partial charge in [-0.25, -0.2) is 20.0 Å². The fourth-order valence-corrected chi connectivity index (χ4v) is 3.40. The first-order valence-corrected chi connectivity index (χ1v) is 9.19. The second-order valence-electron chi connectivity index (χ2n) is 6.41. The van der Waals surface area contributed by atoms with Gasteiger partial charge in [0.05, 0.1) is 21.5 Å². The molecule has 11 nitrogen and oxygen atoms in total. The van der Waals surface area contributed by atoms with Gasteiger partial charge >= 0.3 is 12.1 Å². The lowest BCUT2D eigenvalue weighted by Gasteiger charge is -2.14. The Labute approximate surface area is 179 Å². The number of hydrogen-bond acceptors (Lipinski definition) is 6. The van der Waals surface area contributed by atoms with Crippen LogP contribution in [0.25, 0.3) is 33.5 Å². The average Bonchev–Trinajstić information content (AvgIpc) is 3.07. The number of nitrogens with one attached hydrogen (secondary N) is 1. The molecule has 0 saturated heterocycles. The van der Waals surface area contributed by atoms with Crippen molar-refractivity contribution in [2.75, 3.05) is 11.2 Å². The standard InChI is InChI=1S/C19H15ClN8O3/c20-11-7-3-1-5-9(11)14-13(15(21)27(25-14)19(23)31)16-24-12-8-4-2-6-10(12)17(29)28(16)26-18(22)30/h1-8H,21H2,(H2,23,31)(H3,22,26,30). The minimum absolute atomic E-state index is 0.0588. The summed E-state index contributed by atoms with van der Waals surface area (Å²) >= 11 is 6.32. The first-order chi connectivity index (χ1) is 14.8. The SMILES string of the molecule is NC(=O)Nn1c(-c2c(-c3ccccc3Cl)nn(C(N)=O)c2N)nc2ccccc2c1=O. The number of primary amides is 2. The predicted octanol–water partition coefficient (Wildman–Crippen LogP) is 1.71. The highest BCUT2D eigenvalue weighted by Crippen LogP contribution is 2.38. The van der Waals surface area contributed by atoms with Crippen molar-refractivity contribution >= 4 is 40.4 Å². The normalized spacial score (nSPS) is 10.9. The summed E-state index contributed by atoms with van der Waals surface area (Å²) in [5, 5.41) is 4.70. The molecule has 0 unspecified atom stereocenters. The van der Waals surface area contributed by atoms with Crippen molar-refractivity contribution in [2.24, 2.45) is 11.5 Å². The molecule has 0 aliphatic rings. The third-order valence-corrected chi connectivity index (χ3v) is 4.81. The Hall–Kier alpha value is -4.38. The topological polar surface area (TPSA) is 177 Å². The quantitative estimate of drug-likeness (QED) is 0.378. The molecule has 4 rings (SSSR count). The Morgan fingerprint density at radius 2 is 1.71 bits per heavy atom. The summed E-state index contributed by atoms with van der Waals surface area (Å²) in [6, 6.07) is 11.2. The smallest absolute Gasteiger partial charge is 0.341 e. The molecule has 31 heavy (non-hydrogen) atoms. The number of amides is 3. The summed E-state index contributed by atoms with van der Waals surface area (Å²) in [6.07, 6.45) is 0. The van der Waals surface area contributed by atoms with E-state index < -0.39 is 17.6 Å². The lowest BCUT2D eigenvalue weighted by molar-refractivity contribution is 0.248. The molecule has 0 aliphatic heterocycles. The van der Waals surface area contributed by atoms with Gasteiger partial charge in [-0.1, -0.05) is 41.9 Å². The van der Waals surface area contributed by atoms with Crippen LogP contribution in [-0.4, -0.2) is 31.5 Å². The summed E-state index contributed by atoms with van der Waals surface area (Å²) in [6.45, 7) is 0. The monoisotopic (exact) mass is 438 g/mol. The van der Waals surface area contributed by atoms with Gasteiger partial charge in [0.1, 0.15) is 11.5 Å². The lowest BCUT2D eigenvalue weighted by Crippen LogP contribution is -2.38. The lowest BCUT2D eigenvalue weighted by atomic mass is 10.1. The van der Waals surface area contributed by atoms with Crippen LogP contribution in [0.5, 0.6) is 0 Å². The van der Waals surface area contributed by atoms with Crippen molar-refractivity contribution in [1.29, 1.82) is 0 Å². The molecular weight excluding hydrogens is 424 g/mol. The summed E-state index contributed by atoms with van der Waals surface area (Å²) in [7, 11) is 0. The number of anilines is 1.